The third-order valence-corrected chi connectivity index (χ3v) is 2.75. The Morgan fingerprint density at radius 2 is 2.20 bits per heavy atom. The smallest absolute Gasteiger partial charge is 0.127 e. The number of rotatable bonds is 4. The average molecular weight is 209 g/mol. The number of aliphatic hydroxyl groups is 1. The van der Waals surface area contributed by atoms with Crippen LogP contribution >= 0.6 is 0 Å². The molecule has 0 fully saturated rings. The van der Waals surface area contributed by atoms with E-state index in [1.54, 1.807) is 6.20 Å². The van der Waals surface area contributed by atoms with Crippen LogP contribution in [0.5, 0.6) is 0 Å². The standard InChI is InChI=1S/C11H19N3O/c1-11(2,8-15)14(3)7-9-5-4-6-13-10(9)12/h4-6,15H,7-8H2,1-3H3,(H2,12,13). The minimum absolute atomic E-state index is 0.115. The van der Waals surface area contributed by atoms with Gasteiger partial charge in [0.25, 0.3) is 0 Å². The molecule has 0 aliphatic carbocycles. The number of pyridine rings is 1. The zero-order chi connectivity index (χ0) is 11.5. The van der Waals surface area contributed by atoms with Crippen LogP contribution in [0.25, 0.3) is 0 Å². The Labute approximate surface area is 90.7 Å². The van der Waals surface area contributed by atoms with Gasteiger partial charge in [0, 0.05) is 23.8 Å². The molecule has 0 amide bonds. The Bertz CT molecular complexity index is 325. The number of nitrogens with zero attached hydrogens (tertiary/aromatic N) is 2. The van der Waals surface area contributed by atoms with E-state index in [2.05, 4.69) is 9.88 Å². The van der Waals surface area contributed by atoms with Gasteiger partial charge < -0.3 is 10.8 Å². The van der Waals surface area contributed by atoms with Crippen molar-refractivity contribution >= 4 is 5.82 Å². The SMILES string of the molecule is CN(Cc1cccnc1N)C(C)(C)CO. The summed E-state index contributed by atoms with van der Waals surface area (Å²) in [7, 11) is 1.96. The molecular weight excluding hydrogens is 190 g/mol. The van der Waals surface area contributed by atoms with E-state index < -0.39 is 0 Å². The molecule has 3 N–H and O–H groups in total. The van der Waals surface area contributed by atoms with Crippen molar-refractivity contribution in [2.75, 3.05) is 19.4 Å². The molecule has 4 heteroatoms. The molecule has 1 aromatic rings. The van der Waals surface area contributed by atoms with Gasteiger partial charge in [-0.3, -0.25) is 4.90 Å². The molecule has 0 aliphatic heterocycles. The van der Waals surface area contributed by atoms with Crippen LogP contribution in [0.3, 0.4) is 0 Å². The molecule has 0 aliphatic rings. The summed E-state index contributed by atoms with van der Waals surface area (Å²) in [6.45, 7) is 4.77. The van der Waals surface area contributed by atoms with Gasteiger partial charge >= 0.3 is 0 Å². The van der Waals surface area contributed by atoms with Crippen LogP contribution in [0, 0.1) is 0 Å². The van der Waals surface area contributed by atoms with E-state index in [-0.39, 0.29) is 12.1 Å². The van der Waals surface area contributed by atoms with Crippen LogP contribution in [-0.4, -0.2) is 34.2 Å². The molecule has 1 heterocycles. The van der Waals surface area contributed by atoms with Gasteiger partial charge in [0.15, 0.2) is 0 Å². The summed E-state index contributed by atoms with van der Waals surface area (Å²) < 4.78 is 0. The van der Waals surface area contributed by atoms with Crippen LogP contribution in [0.2, 0.25) is 0 Å². The minimum Gasteiger partial charge on any atom is -0.394 e. The summed E-state index contributed by atoms with van der Waals surface area (Å²) in [6.07, 6.45) is 1.68. The van der Waals surface area contributed by atoms with Crippen molar-refractivity contribution in [3.63, 3.8) is 0 Å². The molecule has 0 spiro atoms. The van der Waals surface area contributed by atoms with Gasteiger partial charge in [-0.15, -0.1) is 0 Å². The molecular formula is C11H19N3O. The highest BCUT2D eigenvalue weighted by molar-refractivity contribution is 5.38. The molecule has 0 saturated carbocycles. The number of likely N-dealkylation sites (N-methyl/N-ethyl adjacent to an activating group) is 1. The highest BCUT2D eigenvalue weighted by atomic mass is 16.3. The number of nitrogens with two attached hydrogens (primary N) is 1. The lowest BCUT2D eigenvalue weighted by Crippen LogP contribution is -2.43. The summed E-state index contributed by atoms with van der Waals surface area (Å²) in [5.41, 5.74) is 6.49. The van der Waals surface area contributed by atoms with E-state index in [0.29, 0.717) is 12.4 Å². The van der Waals surface area contributed by atoms with Gasteiger partial charge in [0.2, 0.25) is 0 Å². The van der Waals surface area contributed by atoms with Crippen molar-refractivity contribution < 1.29 is 5.11 Å². The van der Waals surface area contributed by atoms with E-state index in [1.807, 2.05) is 33.0 Å². The first-order valence-corrected chi connectivity index (χ1v) is 4.99. The number of hydrogen-bond donors (Lipinski definition) is 2. The average Bonchev–Trinajstić information content (AvgIpc) is 2.21. The maximum atomic E-state index is 9.22. The summed E-state index contributed by atoms with van der Waals surface area (Å²) in [5.74, 6) is 0.554. The van der Waals surface area contributed by atoms with Crippen molar-refractivity contribution in [2.24, 2.45) is 0 Å². The Morgan fingerprint density at radius 1 is 1.53 bits per heavy atom. The van der Waals surface area contributed by atoms with Crippen molar-refractivity contribution in [1.29, 1.82) is 0 Å². The fourth-order valence-electron chi connectivity index (χ4n) is 1.17. The molecule has 0 aromatic carbocycles. The van der Waals surface area contributed by atoms with E-state index in [1.165, 1.54) is 0 Å². The lowest BCUT2D eigenvalue weighted by molar-refractivity contribution is 0.0735. The van der Waals surface area contributed by atoms with Gasteiger partial charge in [0.05, 0.1) is 6.61 Å². The first-order valence-electron chi connectivity index (χ1n) is 4.99. The van der Waals surface area contributed by atoms with Crippen LogP contribution in [0.1, 0.15) is 19.4 Å². The largest absolute Gasteiger partial charge is 0.394 e. The second-order valence-electron chi connectivity index (χ2n) is 4.37. The molecule has 15 heavy (non-hydrogen) atoms. The number of anilines is 1. The first-order chi connectivity index (χ1) is 6.97. The minimum atomic E-state index is -0.248. The molecule has 84 valence electrons. The zero-order valence-electron chi connectivity index (χ0n) is 9.57. The molecule has 1 aromatic heterocycles. The lowest BCUT2D eigenvalue weighted by Gasteiger charge is -2.33. The van der Waals surface area contributed by atoms with Gasteiger partial charge in [0.1, 0.15) is 5.82 Å². The van der Waals surface area contributed by atoms with Crippen LogP contribution in [-0.2, 0) is 6.54 Å². The second-order valence-corrected chi connectivity index (χ2v) is 4.37. The Kier molecular flexibility index (Phi) is 3.66. The van der Waals surface area contributed by atoms with Crippen molar-refractivity contribution in [1.82, 2.24) is 9.88 Å². The monoisotopic (exact) mass is 209 g/mol. The fraction of sp³-hybridized carbons (Fsp3) is 0.545. The third-order valence-electron chi connectivity index (χ3n) is 2.75. The molecule has 4 nitrogen and oxygen atoms in total. The quantitative estimate of drug-likeness (QED) is 0.772. The molecule has 0 bridgehead atoms. The molecule has 0 unspecified atom stereocenters. The summed E-state index contributed by atoms with van der Waals surface area (Å²) >= 11 is 0. The van der Waals surface area contributed by atoms with Crippen LogP contribution in [0.4, 0.5) is 5.82 Å². The zero-order valence-corrected chi connectivity index (χ0v) is 9.57. The van der Waals surface area contributed by atoms with Crippen molar-refractivity contribution in [3.8, 4) is 0 Å². The van der Waals surface area contributed by atoms with Crippen molar-refractivity contribution in [2.45, 2.75) is 25.9 Å². The molecule has 0 atom stereocenters. The van der Waals surface area contributed by atoms with Gasteiger partial charge in [-0.05, 0) is 27.0 Å². The maximum Gasteiger partial charge on any atom is 0.127 e. The molecule has 0 saturated heterocycles. The highest BCUT2D eigenvalue weighted by Crippen LogP contribution is 2.17. The van der Waals surface area contributed by atoms with Crippen LogP contribution in [0.15, 0.2) is 18.3 Å². The van der Waals surface area contributed by atoms with E-state index >= 15 is 0 Å². The summed E-state index contributed by atoms with van der Waals surface area (Å²) in [4.78, 5) is 6.08. The van der Waals surface area contributed by atoms with Gasteiger partial charge in [-0.2, -0.15) is 0 Å². The number of nitrogen functional groups attached to an aromatic ring is 1. The number of aliphatic hydroxyl groups excluding tert-OH is 1. The molecule has 0 radical (unpaired) electrons. The lowest BCUT2D eigenvalue weighted by atomic mass is 10.0. The number of aromatic nitrogens is 1. The second kappa shape index (κ2) is 4.59. The predicted octanol–water partition coefficient (Wildman–Crippen LogP) is 0.867. The summed E-state index contributed by atoms with van der Waals surface area (Å²) in [5, 5.41) is 9.22. The Balaban J connectivity index is 2.75. The Morgan fingerprint density at radius 3 is 2.73 bits per heavy atom. The van der Waals surface area contributed by atoms with Crippen molar-refractivity contribution in [3.05, 3.63) is 23.9 Å². The fourth-order valence-corrected chi connectivity index (χ4v) is 1.17. The first kappa shape index (κ1) is 11.9. The normalized spacial score (nSPS) is 12.1. The molecule has 1 rings (SSSR count). The number of hydrogen-bond acceptors (Lipinski definition) is 4. The maximum absolute atomic E-state index is 9.22. The van der Waals surface area contributed by atoms with Gasteiger partial charge in [-0.1, -0.05) is 6.07 Å². The van der Waals surface area contributed by atoms with Crippen LogP contribution < -0.4 is 5.73 Å². The summed E-state index contributed by atoms with van der Waals surface area (Å²) in [6, 6.07) is 3.82. The van der Waals surface area contributed by atoms with Gasteiger partial charge in [-0.25, -0.2) is 4.98 Å². The Hall–Kier alpha value is -1.13. The topological polar surface area (TPSA) is 62.4 Å². The van der Waals surface area contributed by atoms with E-state index in [9.17, 15) is 5.11 Å². The third kappa shape index (κ3) is 2.91. The van der Waals surface area contributed by atoms with E-state index in [4.69, 9.17) is 5.73 Å². The highest BCUT2D eigenvalue weighted by Gasteiger charge is 2.22. The predicted molar refractivity (Wildman–Crippen MR) is 61.3 cm³/mol. The van der Waals surface area contributed by atoms with E-state index in [0.717, 1.165) is 5.56 Å².